The summed E-state index contributed by atoms with van der Waals surface area (Å²) in [4.78, 5) is 23.6. The van der Waals surface area contributed by atoms with Gasteiger partial charge in [0, 0.05) is 6.54 Å². The molecule has 26 heavy (non-hydrogen) atoms. The molecule has 0 aliphatic heterocycles. The highest BCUT2D eigenvalue weighted by Crippen LogP contribution is 2.13. The van der Waals surface area contributed by atoms with Gasteiger partial charge in [-0.15, -0.1) is 0 Å². The van der Waals surface area contributed by atoms with E-state index in [4.69, 9.17) is 14.7 Å². The standard InChI is InChI=1S/C19H17FN2O4/c1-13(26-17-8-4-14(10-21)5-9-17)19(24)25-12-18(23)22-11-15-2-6-16(20)7-3-15/h2-9,13H,11-12H2,1H3,(H,22,23)/t13-/m1/s1. The van der Waals surface area contributed by atoms with Gasteiger partial charge in [-0.25, -0.2) is 9.18 Å². The molecule has 2 rings (SSSR count). The second-order valence-electron chi connectivity index (χ2n) is 5.41. The first kappa shape index (κ1) is 18.9. The highest BCUT2D eigenvalue weighted by molar-refractivity contribution is 5.81. The first-order valence-corrected chi connectivity index (χ1v) is 7.82. The van der Waals surface area contributed by atoms with Gasteiger partial charge in [-0.1, -0.05) is 12.1 Å². The number of hydrogen-bond donors (Lipinski definition) is 1. The number of rotatable bonds is 7. The maximum atomic E-state index is 12.8. The Morgan fingerprint density at radius 1 is 1.15 bits per heavy atom. The molecule has 134 valence electrons. The first-order chi connectivity index (χ1) is 12.5. The smallest absolute Gasteiger partial charge is 0.347 e. The summed E-state index contributed by atoms with van der Waals surface area (Å²) < 4.78 is 23.1. The molecule has 0 radical (unpaired) electrons. The average molecular weight is 356 g/mol. The number of ether oxygens (including phenoxy) is 2. The quantitative estimate of drug-likeness (QED) is 0.769. The molecule has 0 aromatic heterocycles. The Hall–Kier alpha value is -3.40. The minimum atomic E-state index is -0.909. The zero-order valence-corrected chi connectivity index (χ0v) is 14.1. The van der Waals surface area contributed by atoms with Gasteiger partial charge < -0.3 is 14.8 Å². The Morgan fingerprint density at radius 3 is 2.42 bits per heavy atom. The lowest BCUT2D eigenvalue weighted by Crippen LogP contribution is -2.32. The highest BCUT2D eigenvalue weighted by Gasteiger charge is 2.17. The third-order valence-electron chi connectivity index (χ3n) is 3.38. The molecule has 0 bridgehead atoms. The van der Waals surface area contributed by atoms with Crippen molar-refractivity contribution < 1.29 is 23.5 Å². The maximum absolute atomic E-state index is 12.8. The summed E-state index contributed by atoms with van der Waals surface area (Å²) >= 11 is 0. The predicted molar refractivity (Wildman–Crippen MR) is 90.5 cm³/mol. The van der Waals surface area contributed by atoms with Gasteiger partial charge in [-0.05, 0) is 48.9 Å². The summed E-state index contributed by atoms with van der Waals surface area (Å²) in [5, 5.41) is 11.3. The van der Waals surface area contributed by atoms with Crippen molar-refractivity contribution >= 4 is 11.9 Å². The van der Waals surface area contributed by atoms with Crippen LogP contribution in [-0.2, 0) is 20.9 Å². The van der Waals surface area contributed by atoms with Gasteiger partial charge in [0.1, 0.15) is 11.6 Å². The van der Waals surface area contributed by atoms with Crippen LogP contribution < -0.4 is 10.1 Å². The number of amides is 1. The molecule has 2 aromatic carbocycles. The van der Waals surface area contributed by atoms with Gasteiger partial charge in [0.15, 0.2) is 12.7 Å². The van der Waals surface area contributed by atoms with Gasteiger partial charge in [-0.3, -0.25) is 4.79 Å². The largest absolute Gasteiger partial charge is 0.479 e. The van der Waals surface area contributed by atoms with E-state index >= 15 is 0 Å². The average Bonchev–Trinajstić information content (AvgIpc) is 2.66. The van der Waals surface area contributed by atoms with Crippen molar-refractivity contribution in [1.82, 2.24) is 5.32 Å². The van der Waals surface area contributed by atoms with Crippen molar-refractivity contribution in [3.63, 3.8) is 0 Å². The van der Waals surface area contributed by atoms with Gasteiger partial charge >= 0.3 is 5.97 Å². The molecule has 1 amide bonds. The molecule has 0 aliphatic carbocycles. The molecule has 7 heteroatoms. The van der Waals surface area contributed by atoms with Crippen molar-refractivity contribution in [2.75, 3.05) is 6.61 Å². The normalized spacial score (nSPS) is 11.1. The molecule has 0 heterocycles. The Balaban J connectivity index is 1.73. The van der Waals surface area contributed by atoms with Crippen LogP contribution >= 0.6 is 0 Å². The number of carbonyl (C=O) groups excluding carboxylic acids is 2. The number of hydrogen-bond acceptors (Lipinski definition) is 5. The van der Waals surface area contributed by atoms with Gasteiger partial charge in [-0.2, -0.15) is 5.26 Å². The summed E-state index contributed by atoms with van der Waals surface area (Å²) in [7, 11) is 0. The number of benzene rings is 2. The van der Waals surface area contributed by atoms with Gasteiger partial charge in [0.25, 0.3) is 5.91 Å². The monoisotopic (exact) mass is 356 g/mol. The molecule has 0 saturated carbocycles. The van der Waals surface area contributed by atoms with Crippen LogP contribution in [0.3, 0.4) is 0 Å². The van der Waals surface area contributed by atoms with Crippen molar-refractivity contribution in [2.45, 2.75) is 19.6 Å². The van der Waals surface area contributed by atoms with Crippen molar-refractivity contribution in [3.8, 4) is 11.8 Å². The molecule has 0 spiro atoms. The molecular weight excluding hydrogens is 339 g/mol. The van der Waals surface area contributed by atoms with E-state index in [1.54, 1.807) is 36.4 Å². The van der Waals surface area contributed by atoms with Crippen molar-refractivity contribution in [2.24, 2.45) is 0 Å². The third kappa shape index (κ3) is 5.91. The lowest BCUT2D eigenvalue weighted by atomic mass is 10.2. The van der Waals surface area contributed by atoms with Crippen LogP contribution in [0.2, 0.25) is 0 Å². The summed E-state index contributed by atoms with van der Waals surface area (Å²) in [5.41, 5.74) is 1.20. The first-order valence-electron chi connectivity index (χ1n) is 7.82. The predicted octanol–water partition coefficient (Wildman–Crippen LogP) is 2.32. The minimum Gasteiger partial charge on any atom is -0.479 e. The second-order valence-corrected chi connectivity index (χ2v) is 5.41. The summed E-state index contributed by atoms with van der Waals surface area (Å²) in [6.07, 6.45) is -0.909. The van der Waals surface area contributed by atoms with E-state index in [2.05, 4.69) is 5.32 Å². The fraction of sp³-hybridized carbons (Fsp3) is 0.211. The van der Waals surface area contributed by atoms with Crippen LogP contribution in [0, 0.1) is 17.1 Å². The Kier molecular flexibility index (Phi) is 6.68. The van der Waals surface area contributed by atoms with E-state index in [-0.39, 0.29) is 12.4 Å². The topological polar surface area (TPSA) is 88.4 Å². The molecule has 1 atom stereocenters. The van der Waals surface area contributed by atoms with Crippen LogP contribution in [0.5, 0.6) is 5.75 Å². The van der Waals surface area contributed by atoms with Crippen LogP contribution in [0.4, 0.5) is 4.39 Å². The van der Waals surface area contributed by atoms with Gasteiger partial charge in [0.05, 0.1) is 11.6 Å². The fourth-order valence-corrected chi connectivity index (χ4v) is 1.97. The van der Waals surface area contributed by atoms with Crippen LogP contribution in [0.1, 0.15) is 18.1 Å². The lowest BCUT2D eigenvalue weighted by Gasteiger charge is -2.14. The highest BCUT2D eigenvalue weighted by atomic mass is 19.1. The lowest BCUT2D eigenvalue weighted by molar-refractivity contribution is -0.154. The molecule has 1 N–H and O–H groups in total. The number of nitrogens with zero attached hydrogens (tertiary/aromatic N) is 1. The fourth-order valence-electron chi connectivity index (χ4n) is 1.97. The summed E-state index contributed by atoms with van der Waals surface area (Å²) in [6.45, 7) is 1.26. The molecule has 2 aromatic rings. The Labute approximate surface area is 150 Å². The molecule has 0 fully saturated rings. The zero-order valence-electron chi connectivity index (χ0n) is 14.1. The molecule has 0 saturated heterocycles. The van der Waals surface area contributed by atoms with E-state index in [1.807, 2.05) is 6.07 Å². The molecule has 0 aliphatic rings. The molecule has 6 nitrogen and oxygen atoms in total. The number of nitrogens with one attached hydrogen (secondary N) is 1. The Morgan fingerprint density at radius 2 is 1.81 bits per heavy atom. The maximum Gasteiger partial charge on any atom is 0.347 e. The number of esters is 1. The van der Waals surface area contributed by atoms with E-state index in [0.29, 0.717) is 11.3 Å². The minimum absolute atomic E-state index is 0.202. The zero-order chi connectivity index (χ0) is 18.9. The van der Waals surface area contributed by atoms with E-state index in [1.165, 1.54) is 19.1 Å². The Bertz CT molecular complexity index is 798. The van der Waals surface area contributed by atoms with E-state index in [0.717, 1.165) is 5.56 Å². The third-order valence-corrected chi connectivity index (χ3v) is 3.38. The number of halogens is 1. The number of carbonyl (C=O) groups is 2. The molecular formula is C19H17FN2O4. The molecule has 0 unspecified atom stereocenters. The van der Waals surface area contributed by atoms with Crippen molar-refractivity contribution in [3.05, 3.63) is 65.5 Å². The van der Waals surface area contributed by atoms with Gasteiger partial charge in [0.2, 0.25) is 0 Å². The van der Waals surface area contributed by atoms with E-state index < -0.39 is 24.6 Å². The SMILES string of the molecule is C[C@@H](Oc1ccc(C#N)cc1)C(=O)OCC(=O)NCc1ccc(F)cc1. The van der Waals surface area contributed by atoms with Crippen LogP contribution in [0.15, 0.2) is 48.5 Å². The van der Waals surface area contributed by atoms with Crippen LogP contribution in [0.25, 0.3) is 0 Å². The summed E-state index contributed by atoms with van der Waals surface area (Å²) in [6, 6.07) is 13.9. The number of nitriles is 1. The second kappa shape index (κ2) is 9.18. The van der Waals surface area contributed by atoms with Crippen molar-refractivity contribution in [1.29, 1.82) is 5.26 Å². The van der Waals surface area contributed by atoms with E-state index in [9.17, 15) is 14.0 Å². The summed E-state index contributed by atoms with van der Waals surface area (Å²) in [5.74, 6) is -1.11. The van der Waals surface area contributed by atoms with Crippen LogP contribution in [-0.4, -0.2) is 24.6 Å².